The van der Waals surface area contributed by atoms with Gasteiger partial charge < -0.3 is 5.11 Å². The maximum Gasteiger partial charge on any atom is 0.394 e. The maximum atomic E-state index is 9.87. The van der Waals surface area contributed by atoms with Gasteiger partial charge in [-0.1, -0.05) is 63.7 Å². The summed E-state index contributed by atoms with van der Waals surface area (Å²) in [4.78, 5) is 0. The van der Waals surface area contributed by atoms with Gasteiger partial charge in [-0.25, -0.2) is 0 Å². The average molecular weight is 358 g/mol. The smallest absolute Gasteiger partial charge is 0.394 e. The van der Waals surface area contributed by atoms with Crippen LogP contribution in [0.15, 0.2) is 30.9 Å². The summed E-state index contributed by atoms with van der Waals surface area (Å²) in [6.07, 6.45) is 13.0. The molecule has 0 saturated carbocycles. The van der Waals surface area contributed by atoms with E-state index in [4.69, 9.17) is 17.5 Å². The molecule has 24 heavy (non-hydrogen) atoms. The molecule has 0 spiro atoms. The van der Waals surface area contributed by atoms with Crippen molar-refractivity contribution in [3.05, 3.63) is 42.0 Å². The van der Waals surface area contributed by atoms with E-state index >= 15 is 0 Å². The normalized spacial score (nSPS) is 10.8. The highest BCUT2D eigenvalue weighted by Crippen LogP contribution is 2.23. The van der Waals surface area contributed by atoms with Crippen LogP contribution in [0.3, 0.4) is 0 Å². The van der Waals surface area contributed by atoms with Crippen molar-refractivity contribution in [2.24, 2.45) is 0 Å². The van der Waals surface area contributed by atoms with Crippen molar-refractivity contribution in [1.82, 2.24) is 0 Å². The van der Waals surface area contributed by atoms with Gasteiger partial charge in [0.25, 0.3) is 0 Å². The van der Waals surface area contributed by atoms with Gasteiger partial charge in [0.1, 0.15) is 5.75 Å². The van der Waals surface area contributed by atoms with Crippen LogP contribution in [0.2, 0.25) is 0 Å². The van der Waals surface area contributed by atoms with Crippen LogP contribution < -0.4 is 0 Å². The third-order valence-corrected chi connectivity index (χ3v) is 3.65. The van der Waals surface area contributed by atoms with E-state index in [9.17, 15) is 5.11 Å². The fourth-order valence-electron chi connectivity index (χ4n) is 2.51. The van der Waals surface area contributed by atoms with Gasteiger partial charge in [-0.3, -0.25) is 9.11 Å². The summed E-state index contributed by atoms with van der Waals surface area (Å²) in [7, 11) is -4.67. The zero-order chi connectivity index (χ0) is 18.4. The molecule has 1 aromatic rings. The van der Waals surface area contributed by atoms with Crippen molar-refractivity contribution in [2.45, 2.75) is 64.7 Å². The minimum absolute atomic E-state index is 0.417. The summed E-state index contributed by atoms with van der Waals surface area (Å²) in [6.45, 7) is 6.02. The molecule has 0 unspecified atom stereocenters. The summed E-state index contributed by atoms with van der Waals surface area (Å²) < 4.78 is 31.6. The third kappa shape index (κ3) is 13.1. The summed E-state index contributed by atoms with van der Waals surface area (Å²) in [6, 6.07) is 5.85. The van der Waals surface area contributed by atoms with E-state index in [1.165, 1.54) is 50.5 Å². The molecule has 0 radical (unpaired) electrons. The number of phenols is 1. The molecule has 0 atom stereocenters. The van der Waals surface area contributed by atoms with Crippen molar-refractivity contribution < 1.29 is 22.6 Å². The summed E-state index contributed by atoms with van der Waals surface area (Å²) in [5.41, 5.74) is 2.34. The van der Waals surface area contributed by atoms with Crippen molar-refractivity contribution in [1.29, 1.82) is 0 Å². The molecule has 5 nitrogen and oxygen atoms in total. The number of aryl methyl sites for hydroxylation is 1. The Hall–Kier alpha value is -1.37. The number of unbranched alkanes of at least 4 members (excludes halogenated alkanes) is 6. The summed E-state index contributed by atoms with van der Waals surface area (Å²) in [5.74, 6) is 0.417. The molecule has 0 aromatic heterocycles. The molecule has 0 heterocycles. The first-order valence-corrected chi connectivity index (χ1v) is 9.79. The molecule has 138 valence electrons. The first-order valence-electron chi connectivity index (χ1n) is 8.40. The molecule has 6 heteroatoms. The Morgan fingerprint density at radius 3 is 2.12 bits per heavy atom. The number of allylic oxidation sites excluding steroid dienone is 1. The quantitative estimate of drug-likeness (QED) is 0.318. The van der Waals surface area contributed by atoms with Gasteiger partial charge in [-0.2, -0.15) is 8.42 Å². The lowest BCUT2D eigenvalue weighted by Crippen LogP contribution is -1.94. The molecule has 0 fully saturated rings. The molecule has 1 aromatic carbocycles. The van der Waals surface area contributed by atoms with E-state index in [0.717, 1.165) is 18.4 Å². The van der Waals surface area contributed by atoms with Crippen LogP contribution in [0.25, 0.3) is 0 Å². The van der Waals surface area contributed by atoms with Crippen LogP contribution in [-0.2, 0) is 23.2 Å². The monoisotopic (exact) mass is 358 g/mol. The Labute approximate surface area is 146 Å². The first-order chi connectivity index (χ1) is 11.3. The third-order valence-electron chi connectivity index (χ3n) is 3.65. The molecule has 1 rings (SSSR count). The van der Waals surface area contributed by atoms with Gasteiger partial charge in [0.2, 0.25) is 0 Å². The summed E-state index contributed by atoms with van der Waals surface area (Å²) >= 11 is 0. The highest BCUT2D eigenvalue weighted by molar-refractivity contribution is 7.79. The van der Waals surface area contributed by atoms with Crippen LogP contribution in [0, 0.1) is 0 Å². The van der Waals surface area contributed by atoms with Gasteiger partial charge in [0.05, 0.1) is 0 Å². The van der Waals surface area contributed by atoms with Gasteiger partial charge >= 0.3 is 10.4 Å². The Bertz CT molecular complexity index is 559. The Balaban J connectivity index is 0.000000922. The van der Waals surface area contributed by atoms with E-state index in [1.54, 1.807) is 6.07 Å². The van der Waals surface area contributed by atoms with E-state index < -0.39 is 10.4 Å². The lowest BCUT2D eigenvalue weighted by molar-refractivity contribution is 0.381. The topological polar surface area (TPSA) is 94.8 Å². The number of phenolic OH excluding ortho intramolecular Hbond substituents is 1. The predicted octanol–water partition coefficient (Wildman–Crippen LogP) is 4.76. The van der Waals surface area contributed by atoms with Crippen LogP contribution in [0.4, 0.5) is 0 Å². The second-order valence-electron chi connectivity index (χ2n) is 5.73. The Kier molecular flexibility index (Phi) is 12.2. The fourth-order valence-corrected chi connectivity index (χ4v) is 2.51. The van der Waals surface area contributed by atoms with Gasteiger partial charge in [-0.15, -0.1) is 6.58 Å². The predicted molar refractivity (Wildman–Crippen MR) is 97.9 cm³/mol. The second-order valence-corrected chi connectivity index (χ2v) is 6.62. The van der Waals surface area contributed by atoms with Crippen molar-refractivity contribution in [3.63, 3.8) is 0 Å². The zero-order valence-electron chi connectivity index (χ0n) is 14.4. The lowest BCUT2D eigenvalue weighted by atomic mass is 9.97. The number of rotatable bonds is 10. The van der Waals surface area contributed by atoms with E-state index in [1.807, 2.05) is 12.1 Å². The SMILES string of the molecule is C=CCc1c(O)cccc1CCCCCCCCC.O=S(=O)(O)O. The van der Waals surface area contributed by atoms with Crippen molar-refractivity contribution >= 4 is 10.4 Å². The highest BCUT2D eigenvalue weighted by atomic mass is 32.3. The maximum absolute atomic E-state index is 9.87. The van der Waals surface area contributed by atoms with Gasteiger partial charge in [-0.05, 0) is 30.9 Å². The fraction of sp³-hybridized carbons (Fsp3) is 0.556. The van der Waals surface area contributed by atoms with Crippen LogP contribution >= 0.6 is 0 Å². The molecular weight excluding hydrogens is 328 g/mol. The molecule has 0 amide bonds. The van der Waals surface area contributed by atoms with Crippen LogP contribution in [-0.4, -0.2) is 22.6 Å². The first kappa shape index (κ1) is 22.6. The largest absolute Gasteiger partial charge is 0.508 e. The molecule has 0 aliphatic rings. The van der Waals surface area contributed by atoms with E-state index in [-0.39, 0.29) is 0 Å². The van der Waals surface area contributed by atoms with Crippen molar-refractivity contribution in [3.8, 4) is 5.75 Å². The Morgan fingerprint density at radius 2 is 1.58 bits per heavy atom. The number of hydrogen-bond acceptors (Lipinski definition) is 3. The number of hydrogen-bond donors (Lipinski definition) is 3. The van der Waals surface area contributed by atoms with Gasteiger partial charge in [0.15, 0.2) is 0 Å². The molecule has 0 saturated heterocycles. The minimum Gasteiger partial charge on any atom is -0.508 e. The highest BCUT2D eigenvalue weighted by Gasteiger charge is 2.05. The second kappa shape index (κ2) is 13.0. The average Bonchev–Trinajstić information content (AvgIpc) is 2.48. The lowest BCUT2D eigenvalue weighted by Gasteiger charge is -2.09. The standard InChI is InChI=1S/C18H28O.H2O4S/c1-3-5-6-7-8-9-10-13-16-14-11-15-18(19)17(16)12-4-2;1-5(2,3)4/h4,11,14-15,19H,2-3,5-10,12-13H2,1H3;(H2,1,2,3,4). The number of benzene rings is 1. The van der Waals surface area contributed by atoms with E-state index in [2.05, 4.69) is 19.6 Å². The molecule has 3 N–H and O–H groups in total. The van der Waals surface area contributed by atoms with Crippen LogP contribution in [0.1, 0.15) is 63.0 Å². The summed E-state index contributed by atoms with van der Waals surface area (Å²) in [5, 5.41) is 9.87. The minimum atomic E-state index is -4.67. The van der Waals surface area contributed by atoms with Crippen molar-refractivity contribution in [2.75, 3.05) is 0 Å². The van der Waals surface area contributed by atoms with Crippen LogP contribution in [0.5, 0.6) is 5.75 Å². The molecular formula is C18H30O5S. The Morgan fingerprint density at radius 1 is 1.04 bits per heavy atom. The zero-order valence-corrected chi connectivity index (χ0v) is 15.3. The van der Waals surface area contributed by atoms with Gasteiger partial charge in [0, 0.05) is 5.56 Å². The molecule has 0 bridgehead atoms. The molecule has 0 aliphatic heterocycles. The van der Waals surface area contributed by atoms with E-state index in [0.29, 0.717) is 5.75 Å². The number of aromatic hydroxyl groups is 1. The molecule has 0 aliphatic carbocycles.